The summed E-state index contributed by atoms with van der Waals surface area (Å²) in [6.45, 7) is 3.59. The van der Waals surface area contributed by atoms with Gasteiger partial charge in [-0.2, -0.15) is 16.8 Å². The van der Waals surface area contributed by atoms with E-state index in [4.69, 9.17) is 17.8 Å². The summed E-state index contributed by atoms with van der Waals surface area (Å²) < 4.78 is 89.1. The Bertz CT molecular complexity index is 1570. The normalized spacial score (nSPS) is 41.6. The highest BCUT2D eigenvalue weighted by atomic mass is 32.2. The molecule has 17 heteroatoms. The van der Waals surface area contributed by atoms with Crippen LogP contribution in [-0.2, 0) is 57.3 Å². The van der Waals surface area contributed by atoms with E-state index in [1.54, 1.807) is 0 Å². The molecule has 246 valence electrons. The lowest BCUT2D eigenvalue weighted by Crippen LogP contribution is -2.75. The molecule has 0 unspecified atom stereocenters. The fourth-order valence-electron chi connectivity index (χ4n) is 7.89. The number of halogens is 1. The van der Waals surface area contributed by atoms with Gasteiger partial charge in [-0.15, -0.1) is 0 Å². The van der Waals surface area contributed by atoms with Gasteiger partial charge in [0.15, 0.2) is 23.7 Å². The number of fused-ring (bicyclic) bond motifs is 5. The summed E-state index contributed by atoms with van der Waals surface area (Å²) in [4.78, 5) is 49.7. The number of carbonyl (C=O) groups excluding carboxylic acids is 4. The highest BCUT2D eigenvalue weighted by molar-refractivity contribution is 7.86. The van der Waals surface area contributed by atoms with Crippen molar-refractivity contribution in [2.45, 2.75) is 76.2 Å². The van der Waals surface area contributed by atoms with E-state index >= 15 is 4.39 Å². The predicted molar refractivity (Wildman–Crippen MR) is 146 cm³/mol. The number of ether oxygens (including phenoxy) is 2. The third-order valence-electron chi connectivity index (χ3n) is 9.58. The average molecular weight is 667 g/mol. The van der Waals surface area contributed by atoms with Gasteiger partial charge in [0.25, 0.3) is 20.2 Å². The first-order chi connectivity index (χ1) is 19.9. The number of carbonyl (C=O) groups is 4. The predicted octanol–water partition coefficient (Wildman–Crippen LogP) is -0.328. The highest BCUT2D eigenvalue weighted by Crippen LogP contribution is 2.70. The van der Waals surface area contributed by atoms with Crippen molar-refractivity contribution in [1.29, 1.82) is 0 Å². The van der Waals surface area contributed by atoms with E-state index in [0.29, 0.717) is 12.5 Å². The van der Waals surface area contributed by atoms with Gasteiger partial charge in [-0.05, 0) is 43.4 Å². The summed E-state index contributed by atoms with van der Waals surface area (Å²) in [5.41, 5.74) is -9.87. The number of Topliss-reactive ketones (excluding diaryl/α,β-unsaturated/α-hetero) is 1. The van der Waals surface area contributed by atoms with Crippen molar-refractivity contribution in [2.24, 2.45) is 22.7 Å². The summed E-state index contributed by atoms with van der Waals surface area (Å²) in [5, 5.41) is 23.8. The molecule has 0 radical (unpaired) electrons. The molecule has 4 aliphatic rings. The number of alkyl halides is 1. The first-order valence-electron chi connectivity index (χ1n) is 13.6. The van der Waals surface area contributed by atoms with E-state index < -0.39 is 122 Å². The second kappa shape index (κ2) is 10.8. The zero-order valence-corrected chi connectivity index (χ0v) is 26.4. The maximum Gasteiger partial charge on any atom is 0.303 e. The van der Waals surface area contributed by atoms with Gasteiger partial charge in [0.2, 0.25) is 5.78 Å². The lowest BCUT2D eigenvalue weighted by atomic mass is 9.43. The van der Waals surface area contributed by atoms with Crippen molar-refractivity contribution >= 4 is 43.7 Å². The van der Waals surface area contributed by atoms with Gasteiger partial charge in [-0.3, -0.25) is 27.5 Å². The molecule has 10 atom stereocenters. The smallest absolute Gasteiger partial charge is 0.303 e. The topological polar surface area (TPSA) is 214 Å². The minimum absolute atomic E-state index is 0.318. The molecule has 0 aromatic carbocycles. The van der Waals surface area contributed by atoms with Crippen LogP contribution in [0.25, 0.3) is 0 Å². The Labute approximate surface area is 253 Å². The molecule has 2 N–H and O–H groups in total. The van der Waals surface area contributed by atoms with Gasteiger partial charge in [0, 0.05) is 30.6 Å². The van der Waals surface area contributed by atoms with Gasteiger partial charge in [-0.1, -0.05) is 13.0 Å². The molecule has 0 saturated heterocycles. The average Bonchev–Trinajstić information content (AvgIpc) is 3.07. The molecule has 0 aliphatic heterocycles. The number of aliphatic hydroxyl groups excluding tert-OH is 1. The Kier molecular flexibility index (Phi) is 8.39. The lowest BCUT2D eigenvalue weighted by Gasteiger charge is -2.64. The number of allylic oxidation sites excluding steroid dienone is 3. The molecule has 3 saturated carbocycles. The molecule has 14 nitrogen and oxygen atoms in total. The molecule has 0 aromatic rings. The van der Waals surface area contributed by atoms with Gasteiger partial charge >= 0.3 is 11.9 Å². The Balaban J connectivity index is 2.03. The highest BCUT2D eigenvalue weighted by Gasteiger charge is 2.80. The summed E-state index contributed by atoms with van der Waals surface area (Å²) in [6, 6.07) is 0. The second-order valence-electron chi connectivity index (χ2n) is 12.4. The fraction of sp³-hybridized carbons (Fsp3) is 0.704. The van der Waals surface area contributed by atoms with E-state index in [2.05, 4.69) is 0 Å². The number of ketones is 2. The van der Waals surface area contributed by atoms with Crippen LogP contribution < -0.4 is 0 Å². The van der Waals surface area contributed by atoms with Crippen molar-refractivity contribution in [1.82, 2.24) is 0 Å². The minimum Gasteiger partial charge on any atom is -0.459 e. The summed E-state index contributed by atoms with van der Waals surface area (Å²) in [5.74, 6) is -6.90. The monoisotopic (exact) mass is 666 g/mol. The fourth-order valence-corrected chi connectivity index (χ4v) is 9.11. The zero-order chi connectivity index (χ0) is 33.4. The van der Waals surface area contributed by atoms with Crippen molar-refractivity contribution in [3.8, 4) is 0 Å². The van der Waals surface area contributed by atoms with Crippen LogP contribution in [0.3, 0.4) is 0 Å². The van der Waals surface area contributed by atoms with Crippen molar-refractivity contribution < 1.29 is 68.5 Å². The van der Waals surface area contributed by atoms with Gasteiger partial charge in [0.05, 0.1) is 18.6 Å². The molecule has 0 spiro atoms. The molecule has 0 bridgehead atoms. The van der Waals surface area contributed by atoms with Crippen LogP contribution in [0.1, 0.15) is 40.5 Å². The van der Waals surface area contributed by atoms with E-state index in [1.807, 2.05) is 0 Å². The van der Waals surface area contributed by atoms with Crippen LogP contribution in [0.2, 0.25) is 0 Å². The first-order valence-corrected chi connectivity index (χ1v) is 17.2. The van der Waals surface area contributed by atoms with Crippen LogP contribution in [-0.4, -0.2) is 105 Å². The Hall–Kier alpha value is -2.57. The third kappa shape index (κ3) is 5.24. The van der Waals surface area contributed by atoms with Gasteiger partial charge in [-0.25, -0.2) is 4.39 Å². The van der Waals surface area contributed by atoms with Crippen molar-refractivity contribution in [3.05, 3.63) is 23.8 Å². The first kappa shape index (κ1) is 34.3. The van der Waals surface area contributed by atoms with Gasteiger partial charge < -0.3 is 19.7 Å². The second-order valence-corrected chi connectivity index (χ2v) is 15.6. The number of hydrogen-bond acceptors (Lipinski definition) is 14. The Morgan fingerprint density at radius 3 is 2.16 bits per heavy atom. The Morgan fingerprint density at radius 1 is 1.05 bits per heavy atom. The van der Waals surface area contributed by atoms with Crippen LogP contribution >= 0.6 is 0 Å². The quantitative estimate of drug-likeness (QED) is 0.251. The van der Waals surface area contributed by atoms with Crippen molar-refractivity contribution in [2.75, 3.05) is 19.1 Å². The number of rotatable bonds is 8. The lowest BCUT2D eigenvalue weighted by molar-refractivity contribution is -0.247. The molecule has 0 aromatic heterocycles. The van der Waals surface area contributed by atoms with Crippen LogP contribution in [0, 0.1) is 22.7 Å². The maximum atomic E-state index is 18.1. The van der Waals surface area contributed by atoms with Crippen LogP contribution in [0.5, 0.6) is 0 Å². The number of esters is 2. The summed E-state index contributed by atoms with van der Waals surface area (Å²) in [7, 11) is -9.00. The van der Waals surface area contributed by atoms with Crippen molar-refractivity contribution in [3.63, 3.8) is 0 Å². The largest absolute Gasteiger partial charge is 0.459 e. The van der Waals surface area contributed by atoms with Crippen LogP contribution in [0.15, 0.2) is 23.8 Å². The zero-order valence-electron chi connectivity index (χ0n) is 24.8. The number of hydrogen-bond donors (Lipinski definition) is 2. The molecule has 44 heavy (non-hydrogen) atoms. The van der Waals surface area contributed by atoms with E-state index in [0.717, 1.165) is 32.1 Å². The molecule has 0 heterocycles. The molecule has 4 aliphatic carbocycles. The molecule has 3 fully saturated rings. The molecule has 4 rings (SSSR count). The summed E-state index contributed by atoms with van der Waals surface area (Å²) in [6.07, 6.45) is -4.70. The van der Waals surface area contributed by atoms with E-state index in [9.17, 15) is 46.2 Å². The molecular weight excluding hydrogens is 631 g/mol. The molecule has 0 amide bonds. The molecular formula is C27H35FO14S2. The maximum absolute atomic E-state index is 18.1. The number of aliphatic hydroxyl groups is 2. The minimum atomic E-state index is -4.55. The standard InChI is InChI=1S/C27H35FO14S2/c1-13(29)39-12-19(33)27(34)20(40-14(2)30)10-16-21-23(42-44(6,37)38)22(41-43(5,35)36)17-9-15(31)7-8-24(17,3)26(21,28)18(32)11-25(16,27)4/h7-9,16,18,20-23,32,34H,10-12H2,1-6H3/t16-,18-,20+,21+,22-,23+,24-,25-,26+,27+/m0/s1. The summed E-state index contributed by atoms with van der Waals surface area (Å²) >= 11 is 0. The van der Waals surface area contributed by atoms with E-state index in [-0.39, 0.29) is 5.57 Å². The third-order valence-corrected chi connectivity index (χ3v) is 10.7. The SMILES string of the molecule is CC(=O)OCC(=O)[C@@]1(O)[C@H](OC(C)=O)C[C@H]2[C@@H]3[C@@H](OS(C)(=O)=O)[C@@H](OS(C)(=O)=O)C4=CC(=O)C=C[C@]4(C)[C@@]3(F)[C@@H](O)C[C@@]21C. The Morgan fingerprint density at radius 2 is 1.64 bits per heavy atom. The van der Waals surface area contributed by atoms with Crippen LogP contribution in [0.4, 0.5) is 4.39 Å². The van der Waals surface area contributed by atoms with E-state index in [1.165, 1.54) is 13.8 Å². The van der Waals surface area contributed by atoms with Gasteiger partial charge in [0.1, 0.15) is 18.3 Å².